The summed E-state index contributed by atoms with van der Waals surface area (Å²) >= 11 is 0. The molecular weight excluding hydrogens is 224 g/mol. The van der Waals surface area contributed by atoms with Crippen LogP contribution in [0.15, 0.2) is 27.8 Å². The Hall–Kier alpha value is -2.37. The molecule has 1 aromatic heterocycles. The topological polar surface area (TPSA) is 90.2 Å². The van der Waals surface area contributed by atoms with Gasteiger partial charge in [0.2, 0.25) is 11.6 Å². The average molecular weight is 236 g/mol. The first-order chi connectivity index (χ1) is 8.21. The van der Waals surface area contributed by atoms with E-state index in [1.807, 2.05) is 0 Å². The SMILES string of the molecule is COc1ccc2cc(/C(N)=N\O)oc2c1OC. The fraction of sp³-hybridized carbons (Fsp3) is 0.182. The van der Waals surface area contributed by atoms with Gasteiger partial charge in [-0.25, -0.2) is 0 Å². The predicted molar refractivity (Wildman–Crippen MR) is 61.8 cm³/mol. The molecule has 0 fully saturated rings. The molecule has 90 valence electrons. The van der Waals surface area contributed by atoms with Gasteiger partial charge in [-0.3, -0.25) is 0 Å². The summed E-state index contributed by atoms with van der Waals surface area (Å²) in [6.07, 6.45) is 0. The Labute approximate surface area is 97.2 Å². The number of oxime groups is 1. The third-order valence-corrected chi connectivity index (χ3v) is 2.39. The minimum absolute atomic E-state index is 0.0952. The number of hydrogen-bond acceptors (Lipinski definition) is 5. The number of nitrogens with zero attached hydrogens (tertiary/aromatic N) is 1. The van der Waals surface area contributed by atoms with E-state index in [0.29, 0.717) is 17.1 Å². The molecule has 0 aliphatic rings. The molecule has 0 aliphatic heterocycles. The van der Waals surface area contributed by atoms with Crippen molar-refractivity contribution in [3.8, 4) is 11.5 Å². The zero-order chi connectivity index (χ0) is 12.4. The molecule has 2 aromatic rings. The Morgan fingerprint density at radius 3 is 2.71 bits per heavy atom. The second-order valence-corrected chi connectivity index (χ2v) is 3.32. The number of nitrogens with two attached hydrogens (primary N) is 1. The Morgan fingerprint density at radius 1 is 1.35 bits per heavy atom. The Balaban J connectivity index is 2.68. The molecule has 2 rings (SSSR count). The van der Waals surface area contributed by atoms with Gasteiger partial charge in [0.15, 0.2) is 17.1 Å². The van der Waals surface area contributed by atoms with E-state index >= 15 is 0 Å². The molecule has 1 heterocycles. The minimum Gasteiger partial charge on any atom is -0.493 e. The van der Waals surface area contributed by atoms with Gasteiger partial charge in [-0.2, -0.15) is 0 Å². The maximum absolute atomic E-state index is 8.59. The lowest BCUT2D eigenvalue weighted by molar-refractivity contribution is 0.317. The molecule has 0 bridgehead atoms. The molecule has 1 aromatic carbocycles. The lowest BCUT2D eigenvalue weighted by Gasteiger charge is -2.06. The van der Waals surface area contributed by atoms with E-state index < -0.39 is 0 Å². The van der Waals surface area contributed by atoms with Gasteiger partial charge < -0.3 is 24.8 Å². The van der Waals surface area contributed by atoms with Gasteiger partial charge in [0.1, 0.15) is 0 Å². The number of furan rings is 1. The van der Waals surface area contributed by atoms with Crippen molar-refractivity contribution >= 4 is 16.8 Å². The highest BCUT2D eigenvalue weighted by atomic mass is 16.5. The molecule has 0 saturated carbocycles. The minimum atomic E-state index is -0.0952. The second-order valence-electron chi connectivity index (χ2n) is 3.32. The van der Waals surface area contributed by atoms with Crippen molar-refractivity contribution in [1.82, 2.24) is 0 Å². The molecule has 6 nitrogen and oxygen atoms in total. The molecule has 0 radical (unpaired) electrons. The van der Waals surface area contributed by atoms with Crippen LogP contribution in [0, 0.1) is 0 Å². The van der Waals surface area contributed by atoms with E-state index in [9.17, 15) is 0 Å². The molecule has 3 N–H and O–H groups in total. The standard InChI is InChI=1S/C11H12N2O4/c1-15-7-4-3-6-5-8(11(12)13-14)17-9(6)10(7)16-2/h3-5,14H,1-2H3,(H2,12,13). The van der Waals surface area contributed by atoms with Crippen molar-refractivity contribution in [1.29, 1.82) is 0 Å². The zero-order valence-electron chi connectivity index (χ0n) is 9.43. The van der Waals surface area contributed by atoms with Crippen molar-refractivity contribution in [2.24, 2.45) is 10.9 Å². The van der Waals surface area contributed by atoms with Crippen LogP contribution in [0.4, 0.5) is 0 Å². The first-order valence-electron chi connectivity index (χ1n) is 4.83. The van der Waals surface area contributed by atoms with Crippen molar-refractivity contribution in [2.45, 2.75) is 0 Å². The Bertz CT molecular complexity index is 574. The Morgan fingerprint density at radius 2 is 2.12 bits per heavy atom. The smallest absolute Gasteiger partial charge is 0.205 e. The molecule has 0 amide bonds. The molecule has 6 heteroatoms. The van der Waals surface area contributed by atoms with Crippen LogP contribution in [0.25, 0.3) is 11.0 Å². The molecular formula is C11H12N2O4. The van der Waals surface area contributed by atoms with Crippen LogP contribution in [0.3, 0.4) is 0 Å². The first-order valence-corrected chi connectivity index (χ1v) is 4.83. The van der Waals surface area contributed by atoms with Gasteiger partial charge in [-0.1, -0.05) is 5.16 Å². The van der Waals surface area contributed by atoms with Crippen molar-refractivity contribution < 1.29 is 19.1 Å². The van der Waals surface area contributed by atoms with Gasteiger partial charge in [-0.15, -0.1) is 0 Å². The highest BCUT2D eigenvalue weighted by molar-refractivity contribution is 5.99. The number of rotatable bonds is 3. The number of ether oxygens (including phenoxy) is 2. The summed E-state index contributed by atoms with van der Waals surface area (Å²) in [5.41, 5.74) is 5.95. The molecule has 17 heavy (non-hydrogen) atoms. The van der Waals surface area contributed by atoms with Gasteiger partial charge >= 0.3 is 0 Å². The summed E-state index contributed by atoms with van der Waals surface area (Å²) in [7, 11) is 3.06. The monoisotopic (exact) mass is 236 g/mol. The third-order valence-electron chi connectivity index (χ3n) is 2.39. The third kappa shape index (κ3) is 1.73. The van der Waals surface area contributed by atoms with Crippen LogP contribution in [0.1, 0.15) is 5.76 Å². The highest BCUT2D eigenvalue weighted by Crippen LogP contribution is 2.36. The summed E-state index contributed by atoms with van der Waals surface area (Å²) < 4.78 is 15.8. The fourth-order valence-corrected chi connectivity index (χ4v) is 1.59. The molecule has 0 saturated heterocycles. The van der Waals surface area contributed by atoms with Crippen LogP contribution in [0.2, 0.25) is 0 Å². The fourth-order valence-electron chi connectivity index (χ4n) is 1.59. The number of fused-ring (bicyclic) bond motifs is 1. The van der Waals surface area contributed by atoms with Crippen LogP contribution in [0.5, 0.6) is 11.5 Å². The largest absolute Gasteiger partial charge is 0.493 e. The van der Waals surface area contributed by atoms with Crippen LogP contribution in [-0.2, 0) is 0 Å². The number of amidine groups is 1. The quantitative estimate of drug-likeness (QED) is 0.365. The van der Waals surface area contributed by atoms with E-state index in [0.717, 1.165) is 5.39 Å². The Kier molecular flexibility index (Phi) is 2.78. The molecule has 0 atom stereocenters. The molecule has 0 aliphatic carbocycles. The number of methoxy groups -OCH3 is 2. The van der Waals surface area contributed by atoms with E-state index in [2.05, 4.69) is 5.16 Å². The lowest BCUT2D eigenvalue weighted by Crippen LogP contribution is -2.11. The maximum atomic E-state index is 8.59. The highest BCUT2D eigenvalue weighted by Gasteiger charge is 2.15. The summed E-state index contributed by atoms with van der Waals surface area (Å²) in [4.78, 5) is 0. The molecule has 0 unspecified atom stereocenters. The van der Waals surface area contributed by atoms with Crippen LogP contribution in [-0.4, -0.2) is 25.3 Å². The number of hydrogen-bond donors (Lipinski definition) is 2. The van der Waals surface area contributed by atoms with Crippen molar-refractivity contribution in [3.63, 3.8) is 0 Å². The van der Waals surface area contributed by atoms with Crippen LogP contribution < -0.4 is 15.2 Å². The summed E-state index contributed by atoms with van der Waals surface area (Å²) in [5, 5.41) is 12.3. The van der Waals surface area contributed by atoms with E-state index in [1.165, 1.54) is 14.2 Å². The summed E-state index contributed by atoms with van der Waals surface area (Å²) in [6, 6.07) is 5.22. The zero-order valence-corrected chi connectivity index (χ0v) is 9.43. The average Bonchev–Trinajstić information content (AvgIpc) is 2.80. The van der Waals surface area contributed by atoms with Crippen LogP contribution >= 0.6 is 0 Å². The molecule has 0 spiro atoms. The van der Waals surface area contributed by atoms with Gasteiger partial charge in [0.05, 0.1) is 14.2 Å². The predicted octanol–water partition coefficient (Wildman–Crippen LogP) is 1.54. The lowest BCUT2D eigenvalue weighted by atomic mass is 10.2. The number of benzene rings is 1. The summed E-state index contributed by atoms with van der Waals surface area (Å²) in [5.74, 6) is 1.21. The van der Waals surface area contributed by atoms with Gasteiger partial charge in [-0.05, 0) is 18.2 Å². The van der Waals surface area contributed by atoms with E-state index in [-0.39, 0.29) is 11.6 Å². The van der Waals surface area contributed by atoms with E-state index in [1.54, 1.807) is 18.2 Å². The van der Waals surface area contributed by atoms with Crippen molar-refractivity contribution in [3.05, 3.63) is 24.0 Å². The van der Waals surface area contributed by atoms with E-state index in [4.69, 9.17) is 24.8 Å². The second kappa shape index (κ2) is 4.25. The van der Waals surface area contributed by atoms with Gasteiger partial charge in [0, 0.05) is 5.39 Å². The first kappa shape index (κ1) is 11.1. The van der Waals surface area contributed by atoms with Gasteiger partial charge in [0.25, 0.3) is 0 Å². The normalized spacial score (nSPS) is 11.8. The maximum Gasteiger partial charge on any atom is 0.205 e. The summed E-state index contributed by atoms with van der Waals surface area (Å²) in [6.45, 7) is 0. The van der Waals surface area contributed by atoms with Crippen molar-refractivity contribution in [2.75, 3.05) is 14.2 Å².